The molecule has 3 aromatic heterocycles. The number of anilines is 1. The number of hydrogen-bond acceptors (Lipinski definition) is 10. The van der Waals surface area contributed by atoms with Crippen LogP contribution in [0.1, 0.15) is 33.9 Å². The molecule has 0 N–H and O–H groups in total. The van der Waals surface area contributed by atoms with Crippen molar-refractivity contribution in [2.45, 2.75) is 27.3 Å². The Morgan fingerprint density at radius 3 is 2.71 bits per heavy atom. The van der Waals surface area contributed by atoms with E-state index in [4.69, 9.17) is 9.26 Å². The van der Waals surface area contributed by atoms with E-state index in [1.807, 2.05) is 6.92 Å². The molecule has 9 nitrogen and oxygen atoms in total. The van der Waals surface area contributed by atoms with Crippen LogP contribution in [-0.2, 0) is 11.3 Å². The molecule has 0 atom stereocenters. The molecule has 0 aromatic carbocycles. The quantitative estimate of drug-likeness (QED) is 0.595. The average molecular weight is 402 g/mol. The second kappa shape index (κ2) is 7.80. The van der Waals surface area contributed by atoms with Crippen molar-refractivity contribution < 1.29 is 14.1 Å². The highest BCUT2D eigenvalue weighted by Crippen LogP contribution is 2.35. The van der Waals surface area contributed by atoms with Crippen LogP contribution in [0.4, 0.5) is 5.82 Å². The molecule has 1 fully saturated rings. The molecule has 3 aromatic rings. The Balaban J connectivity index is 1.52. The van der Waals surface area contributed by atoms with E-state index in [0.29, 0.717) is 29.7 Å². The van der Waals surface area contributed by atoms with Crippen molar-refractivity contribution in [3.63, 3.8) is 0 Å². The molecule has 0 unspecified atom stereocenters. The molecule has 28 heavy (non-hydrogen) atoms. The van der Waals surface area contributed by atoms with Crippen LogP contribution in [0.15, 0.2) is 10.9 Å². The smallest absolute Gasteiger partial charge is 0.348 e. The number of nitrogens with zero attached hydrogens (tertiary/aromatic N) is 6. The van der Waals surface area contributed by atoms with E-state index in [1.165, 1.54) is 11.3 Å². The van der Waals surface area contributed by atoms with E-state index in [9.17, 15) is 4.79 Å². The lowest BCUT2D eigenvalue weighted by Crippen LogP contribution is -2.46. The molecule has 1 aliphatic rings. The predicted octanol–water partition coefficient (Wildman–Crippen LogP) is 2.19. The summed E-state index contributed by atoms with van der Waals surface area (Å²) in [6, 6.07) is 0. The summed E-state index contributed by atoms with van der Waals surface area (Å²) in [6.07, 6.45) is 1.57. The second-order valence-electron chi connectivity index (χ2n) is 6.65. The summed E-state index contributed by atoms with van der Waals surface area (Å²) in [5, 5.41) is 4.91. The number of carbonyl (C=O) groups is 1. The van der Waals surface area contributed by atoms with Crippen molar-refractivity contribution in [2.75, 3.05) is 37.7 Å². The zero-order valence-corrected chi connectivity index (χ0v) is 17.0. The van der Waals surface area contributed by atoms with E-state index in [0.717, 1.165) is 47.8 Å². The third-order valence-electron chi connectivity index (χ3n) is 4.77. The van der Waals surface area contributed by atoms with Gasteiger partial charge in [0, 0.05) is 33.1 Å². The van der Waals surface area contributed by atoms with Gasteiger partial charge in [0.1, 0.15) is 21.9 Å². The number of thiophene rings is 1. The zero-order chi connectivity index (χ0) is 19.7. The normalized spacial score (nSPS) is 15.3. The third-order valence-corrected chi connectivity index (χ3v) is 5.95. The molecule has 0 bridgehead atoms. The van der Waals surface area contributed by atoms with E-state index < -0.39 is 0 Å². The van der Waals surface area contributed by atoms with Gasteiger partial charge in [-0.05, 0) is 19.4 Å². The number of aromatic nitrogens is 4. The van der Waals surface area contributed by atoms with Crippen LogP contribution in [0, 0.1) is 13.8 Å². The summed E-state index contributed by atoms with van der Waals surface area (Å²) in [4.78, 5) is 31.4. The summed E-state index contributed by atoms with van der Waals surface area (Å²) >= 11 is 1.37. The summed E-state index contributed by atoms with van der Waals surface area (Å²) in [5.74, 6) is 1.88. The van der Waals surface area contributed by atoms with Gasteiger partial charge in [0.25, 0.3) is 0 Å². The van der Waals surface area contributed by atoms with Crippen molar-refractivity contribution in [3.05, 3.63) is 28.5 Å². The fourth-order valence-electron chi connectivity index (χ4n) is 3.41. The first-order chi connectivity index (χ1) is 13.6. The van der Waals surface area contributed by atoms with Crippen LogP contribution in [-0.4, -0.2) is 63.8 Å². The van der Waals surface area contributed by atoms with Crippen molar-refractivity contribution in [3.8, 4) is 0 Å². The molecule has 148 valence electrons. The summed E-state index contributed by atoms with van der Waals surface area (Å²) in [5.41, 5.74) is 0.888. The van der Waals surface area contributed by atoms with Crippen LogP contribution < -0.4 is 4.90 Å². The number of piperazine rings is 1. The lowest BCUT2D eigenvalue weighted by Gasteiger charge is -2.35. The third kappa shape index (κ3) is 3.57. The molecule has 0 radical (unpaired) electrons. The number of esters is 1. The SMILES string of the molecule is CCOC(=O)c1sc2ncnc(N3CCN(Cc4noc(C)n4)CC3)c2c1C. The van der Waals surface area contributed by atoms with Gasteiger partial charge in [-0.25, -0.2) is 14.8 Å². The molecular formula is C18H22N6O3S. The standard InChI is InChI=1S/C18H22N6O3S/c1-4-26-18(25)15-11(2)14-16(19-10-20-17(14)28-15)24-7-5-23(6-8-24)9-13-21-12(3)27-22-13/h10H,4-9H2,1-3H3. The molecule has 0 aliphatic carbocycles. The van der Waals surface area contributed by atoms with Gasteiger partial charge in [-0.15, -0.1) is 11.3 Å². The van der Waals surface area contributed by atoms with Gasteiger partial charge in [0.2, 0.25) is 5.89 Å². The first-order valence-corrected chi connectivity index (χ1v) is 10.1. The molecular weight excluding hydrogens is 380 g/mol. The van der Waals surface area contributed by atoms with Crippen LogP contribution >= 0.6 is 11.3 Å². The molecule has 0 spiro atoms. The van der Waals surface area contributed by atoms with Crippen molar-refractivity contribution in [1.29, 1.82) is 0 Å². The monoisotopic (exact) mass is 402 g/mol. The zero-order valence-electron chi connectivity index (χ0n) is 16.1. The van der Waals surface area contributed by atoms with Gasteiger partial charge in [-0.1, -0.05) is 5.16 Å². The number of fused-ring (bicyclic) bond motifs is 1. The Kier molecular flexibility index (Phi) is 5.23. The minimum atomic E-state index is -0.297. The highest BCUT2D eigenvalue weighted by Gasteiger charge is 2.25. The van der Waals surface area contributed by atoms with Crippen LogP contribution in [0.3, 0.4) is 0 Å². The van der Waals surface area contributed by atoms with E-state index in [-0.39, 0.29) is 5.97 Å². The highest BCUT2D eigenvalue weighted by molar-refractivity contribution is 7.20. The van der Waals surface area contributed by atoms with Crippen LogP contribution in [0.25, 0.3) is 10.2 Å². The van der Waals surface area contributed by atoms with Gasteiger partial charge in [-0.3, -0.25) is 4.90 Å². The first kappa shape index (κ1) is 18.8. The topological polar surface area (TPSA) is 97.5 Å². The average Bonchev–Trinajstić information content (AvgIpc) is 3.26. The maximum atomic E-state index is 12.2. The molecule has 10 heteroatoms. The molecule has 0 amide bonds. The number of aryl methyl sites for hydroxylation is 2. The molecule has 0 saturated carbocycles. The Labute approximate surface area is 166 Å². The van der Waals surface area contributed by atoms with Gasteiger partial charge >= 0.3 is 5.97 Å². The maximum absolute atomic E-state index is 12.2. The molecule has 1 saturated heterocycles. The number of rotatable bonds is 5. The Morgan fingerprint density at radius 1 is 1.25 bits per heavy atom. The van der Waals surface area contributed by atoms with Crippen molar-refractivity contribution in [2.24, 2.45) is 0 Å². The lowest BCUT2D eigenvalue weighted by atomic mass is 10.2. The highest BCUT2D eigenvalue weighted by atomic mass is 32.1. The minimum Gasteiger partial charge on any atom is -0.462 e. The van der Waals surface area contributed by atoms with Gasteiger partial charge < -0.3 is 14.2 Å². The first-order valence-electron chi connectivity index (χ1n) is 9.24. The summed E-state index contributed by atoms with van der Waals surface area (Å²) in [7, 11) is 0. The molecule has 4 heterocycles. The predicted molar refractivity (Wildman–Crippen MR) is 105 cm³/mol. The second-order valence-corrected chi connectivity index (χ2v) is 7.65. The number of hydrogen-bond donors (Lipinski definition) is 0. The number of ether oxygens (including phenoxy) is 1. The fraction of sp³-hybridized carbons (Fsp3) is 0.500. The van der Waals surface area contributed by atoms with Crippen LogP contribution in [0.5, 0.6) is 0 Å². The van der Waals surface area contributed by atoms with Crippen LogP contribution in [0.2, 0.25) is 0 Å². The molecule has 1 aliphatic heterocycles. The molecule has 4 rings (SSSR count). The van der Waals surface area contributed by atoms with E-state index >= 15 is 0 Å². The van der Waals surface area contributed by atoms with Gasteiger partial charge in [-0.2, -0.15) is 4.98 Å². The van der Waals surface area contributed by atoms with E-state index in [2.05, 4.69) is 29.9 Å². The number of carbonyl (C=O) groups excluding carboxylic acids is 1. The Hall–Kier alpha value is -2.59. The summed E-state index contributed by atoms with van der Waals surface area (Å²) in [6.45, 7) is 9.96. The van der Waals surface area contributed by atoms with E-state index in [1.54, 1.807) is 20.2 Å². The van der Waals surface area contributed by atoms with Crippen molar-refractivity contribution in [1.82, 2.24) is 25.0 Å². The van der Waals surface area contributed by atoms with Gasteiger partial charge in [0.15, 0.2) is 5.82 Å². The van der Waals surface area contributed by atoms with Crippen molar-refractivity contribution >= 4 is 33.3 Å². The lowest BCUT2D eigenvalue weighted by molar-refractivity contribution is 0.0531. The maximum Gasteiger partial charge on any atom is 0.348 e. The van der Waals surface area contributed by atoms with Gasteiger partial charge in [0.05, 0.1) is 18.5 Å². The minimum absolute atomic E-state index is 0.297. The fourth-order valence-corrected chi connectivity index (χ4v) is 4.44. The summed E-state index contributed by atoms with van der Waals surface area (Å²) < 4.78 is 10.2. The Morgan fingerprint density at radius 2 is 2.04 bits per heavy atom. The largest absolute Gasteiger partial charge is 0.462 e. The Bertz CT molecular complexity index is 993.